The molecule has 2 N–H and O–H groups in total. The quantitative estimate of drug-likeness (QED) is 0.345. The summed E-state index contributed by atoms with van der Waals surface area (Å²) in [6, 6.07) is 7.40. The van der Waals surface area contributed by atoms with Gasteiger partial charge in [0, 0.05) is 19.7 Å². The Kier molecular flexibility index (Phi) is 9.96. The maximum Gasteiger partial charge on any atom is 0.215 e. The Morgan fingerprint density at radius 1 is 1.37 bits per heavy atom. The van der Waals surface area contributed by atoms with E-state index in [2.05, 4.69) is 18.8 Å². The van der Waals surface area contributed by atoms with Crippen molar-refractivity contribution in [1.29, 1.82) is 0 Å². The number of hydrogen-bond acceptors (Lipinski definition) is 7. The molecule has 0 unspecified atom stereocenters. The Morgan fingerprint density at radius 2 is 2.04 bits per heavy atom. The Labute approximate surface area is 166 Å². The van der Waals surface area contributed by atoms with Crippen molar-refractivity contribution in [2.24, 2.45) is 16.1 Å². The molecule has 1 aliphatic rings. The summed E-state index contributed by atoms with van der Waals surface area (Å²) < 4.78 is 15.5. The molecule has 1 aromatic rings. The van der Waals surface area contributed by atoms with Crippen molar-refractivity contribution in [2.75, 3.05) is 33.6 Å². The van der Waals surface area contributed by atoms with Crippen LogP contribution in [-0.4, -0.2) is 44.5 Å². The molecule has 7 heteroatoms. The van der Waals surface area contributed by atoms with E-state index in [1.54, 1.807) is 20.4 Å². The summed E-state index contributed by atoms with van der Waals surface area (Å²) in [4.78, 5) is 15.6. The van der Waals surface area contributed by atoms with Crippen molar-refractivity contribution in [3.8, 4) is 5.75 Å². The fourth-order valence-electron chi connectivity index (χ4n) is 2.19. The summed E-state index contributed by atoms with van der Waals surface area (Å²) in [6.45, 7) is 6.68. The summed E-state index contributed by atoms with van der Waals surface area (Å²) in [5.41, 5.74) is 7.06. The monoisotopic (exact) mass is 394 g/mol. The van der Waals surface area contributed by atoms with Crippen LogP contribution < -0.4 is 10.5 Å². The smallest absolute Gasteiger partial charge is 0.215 e. The molecule has 0 aliphatic carbocycles. The molecule has 0 saturated carbocycles. The SMILES string of the molecule is CC1(C)CCOC1.CN=C(SC)C(=O)/C=C(\N)OCc1ccc(OC)cc1. The lowest BCUT2D eigenvalue weighted by molar-refractivity contribution is -0.108. The first-order valence-corrected chi connectivity index (χ1v) is 9.89. The van der Waals surface area contributed by atoms with Gasteiger partial charge in [-0.15, -0.1) is 11.8 Å². The Hall–Kier alpha value is -1.99. The van der Waals surface area contributed by atoms with Crippen molar-refractivity contribution in [3.63, 3.8) is 0 Å². The third-order valence-corrected chi connectivity index (χ3v) is 4.63. The maximum atomic E-state index is 11.7. The van der Waals surface area contributed by atoms with E-state index in [0.29, 0.717) is 10.5 Å². The van der Waals surface area contributed by atoms with Crippen LogP contribution in [-0.2, 0) is 20.9 Å². The minimum Gasteiger partial charge on any atom is -0.497 e. The summed E-state index contributed by atoms with van der Waals surface area (Å²) in [7, 11) is 3.17. The summed E-state index contributed by atoms with van der Waals surface area (Å²) in [5.74, 6) is 0.587. The lowest BCUT2D eigenvalue weighted by atomic mass is 9.94. The van der Waals surface area contributed by atoms with Gasteiger partial charge in [-0.2, -0.15) is 0 Å². The molecule has 1 heterocycles. The third-order valence-electron chi connectivity index (χ3n) is 3.86. The van der Waals surface area contributed by atoms with E-state index in [0.717, 1.165) is 24.5 Å². The number of ketones is 1. The number of aliphatic imine (C=N–C) groups is 1. The van der Waals surface area contributed by atoms with Gasteiger partial charge in [-0.3, -0.25) is 9.79 Å². The average molecular weight is 395 g/mol. The Bertz CT molecular complexity index is 646. The molecule has 2 rings (SSSR count). The van der Waals surface area contributed by atoms with E-state index in [-0.39, 0.29) is 18.3 Å². The van der Waals surface area contributed by atoms with Gasteiger partial charge < -0.3 is 19.9 Å². The molecular weight excluding hydrogens is 364 g/mol. The normalized spacial score (nSPS) is 16.3. The number of carbonyl (C=O) groups is 1. The van der Waals surface area contributed by atoms with Gasteiger partial charge in [0.15, 0.2) is 5.88 Å². The van der Waals surface area contributed by atoms with Crippen LogP contribution in [0.4, 0.5) is 0 Å². The molecule has 1 aromatic carbocycles. The highest BCUT2D eigenvalue weighted by atomic mass is 32.2. The number of nitrogens with two attached hydrogens (primary N) is 1. The molecule has 0 aromatic heterocycles. The first-order valence-electron chi connectivity index (χ1n) is 8.67. The number of nitrogens with zero attached hydrogens (tertiary/aromatic N) is 1. The van der Waals surface area contributed by atoms with Gasteiger partial charge in [-0.25, -0.2) is 0 Å². The highest BCUT2D eigenvalue weighted by Gasteiger charge is 2.22. The highest BCUT2D eigenvalue weighted by Crippen LogP contribution is 2.25. The lowest BCUT2D eigenvalue weighted by Gasteiger charge is -2.11. The van der Waals surface area contributed by atoms with Gasteiger partial charge in [0.05, 0.1) is 13.7 Å². The number of rotatable bonds is 6. The van der Waals surface area contributed by atoms with Gasteiger partial charge in [-0.1, -0.05) is 26.0 Å². The highest BCUT2D eigenvalue weighted by molar-refractivity contribution is 8.15. The standard InChI is InChI=1S/C14H18N2O3S.C6H12O/c1-16-14(20-3)12(17)8-13(15)19-9-10-4-6-11(18-2)7-5-10;1-6(2)3-4-7-5-6/h4-8H,9,15H2,1-3H3;3-5H2,1-2H3/b13-8+,16-14?;. The molecule has 1 fully saturated rings. The van der Waals surface area contributed by atoms with E-state index in [9.17, 15) is 4.79 Å². The number of carbonyl (C=O) groups excluding carboxylic acids is 1. The van der Waals surface area contributed by atoms with Crippen molar-refractivity contribution >= 4 is 22.6 Å². The predicted octanol–water partition coefficient (Wildman–Crippen LogP) is 3.41. The minimum absolute atomic E-state index is 0.0704. The molecule has 0 spiro atoms. The summed E-state index contributed by atoms with van der Waals surface area (Å²) in [5, 5.41) is 0.390. The fourth-order valence-corrected chi connectivity index (χ4v) is 2.63. The van der Waals surface area contributed by atoms with Gasteiger partial charge in [0.1, 0.15) is 17.4 Å². The Balaban J connectivity index is 0.000000433. The molecule has 1 saturated heterocycles. The largest absolute Gasteiger partial charge is 0.497 e. The van der Waals surface area contributed by atoms with Crippen LogP contribution in [0.1, 0.15) is 25.8 Å². The van der Waals surface area contributed by atoms with E-state index >= 15 is 0 Å². The average Bonchev–Trinajstić information content (AvgIpc) is 3.06. The third kappa shape index (κ3) is 8.97. The van der Waals surface area contributed by atoms with Crippen molar-refractivity contribution in [2.45, 2.75) is 26.9 Å². The Morgan fingerprint density at radius 3 is 2.44 bits per heavy atom. The molecule has 0 atom stereocenters. The zero-order chi connectivity index (χ0) is 20.3. The summed E-state index contributed by atoms with van der Waals surface area (Å²) in [6.07, 6.45) is 4.25. The fraction of sp³-hybridized carbons (Fsp3) is 0.500. The van der Waals surface area contributed by atoms with Crippen molar-refractivity contribution in [3.05, 3.63) is 41.8 Å². The zero-order valence-corrected chi connectivity index (χ0v) is 17.6. The number of allylic oxidation sites excluding steroid dienone is 1. The molecule has 150 valence electrons. The van der Waals surface area contributed by atoms with Crippen LogP contribution in [0.25, 0.3) is 0 Å². The zero-order valence-electron chi connectivity index (χ0n) is 16.8. The molecule has 0 bridgehead atoms. The second-order valence-corrected chi connectivity index (χ2v) is 7.54. The minimum atomic E-state index is -0.257. The molecule has 1 aliphatic heterocycles. The van der Waals surface area contributed by atoms with Crippen LogP contribution in [0.15, 0.2) is 41.2 Å². The van der Waals surface area contributed by atoms with Crippen LogP contribution >= 0.6 is 11.8 Å². The van der Waals surface area contributed by atoms with E-state index < -0.39 is 0 Å². The van der Waals surface area contributed by atoms with Crippen LogP contribution in [0.5, 0.6) is 5.75 Å². The molecule has 0 amide bonds. The lowest BCUT2D eigenvalue weighted by Crippen LogP contribution is -2.12. The number of hydrogen-bond donors (Lipinski definition) is 1. The number of ether oxygens (including phenoxy) is 3. The van der Waals surface area contributed by atoms with Crippen LogP contribution in [0.2, 0.25) is 0 Å². The van der Waals surface area contributed by atoms with Gasteiger partial charge in [0.2, 0.25) is 5.78 Å². The van der Waals surface area contributed by atoms with E-state index in [1.807, 2.05) is 24.3 Å². The topological polar surface area (TPSA) is 83.1 Å². The van der Waals surface area contributed by atoms with Gasteiger partial charge in [-0.05, 0) is 35.8 Å². The number of benzene rings is 1. The van der Waals surface area contributed by atoms with Crippen molar-refractivity contribution < 1.29 is 19.0 Å². The molecule has 0 radical (unpaired) electrons. The van der Waals surface area contributed by atoms with E-state index in [4.69, 9.17) is 19.9 Å². The summed E-state index contributed by atoms with van der Waals surface area (Å²) >= 11 is 1.27. The molecular formula is C20H30N2O4S. The molecule has 6 nitrogen and oxygen atoms in total. The van der Waals surface area contributed by atoms with E-state index in [1.165, 1.54) is 24.3 Å². The van der Waals surface area contributed by atoms with Gasteiger partial charge >= 0.3 is 0 Å². The second kappa shape index (κ2) is 11.7. The van der Waals surface area contributed by atoms with Gasteiger partial charge in [0.25, 0.3) is 0 Å². The number of methoxy groups -OCH3 is 1. The van der Waals surface area contributed by atoms with Crippen molar-refractivity contribution in [1.82, 2.24) is 0 Å². The first kappa shape index (κ1) is 23.0. The maximum absolute atomic E-state index is 11.7. The van der Waals surface area contributed by atoms with Crippen LogP contribution in [0.3, 0.4) is 0 Å². The second-order valence-electron chi connectivity index (χ2n) is 6.75. The van der Waals surface area contributed by atoms with Crippen LogP contribution in [0, 0.1) is 5.41 Å². The number of thioether (sulfide) groups is 1. The predicted molar refractivity (Wildman–Crippen MR) is 111 cm³/mol. The molecule has 27 heavy (non-hydrogen) atoms. The first-order chi connectivity index (χ1) is 12.8.